The average Bonchev–Trinajstić information content (AvgIpc) is 2.54. The van der Waals surface area contributed by atoms with Crippen LogP contribution in [0.5, 0.6) is 5.75 Å². The molecule has 0 aromatic heterocycles. The quantitative estimate of drug-likeness (QED) is 0.757. The van der Waals surface area contributed by atoms with E-state index in [0.717, 1.165) is 12.1 Å². The Morgan fingerprint density at radius 3 is 2.12 bits per heavy atom. The van der Waals surface area contributed by atoms with Crippen molar-refractivity contribution < 1.29 is 31.1 Å². The number of piperazine rings is 1. The highest BCUT2D eigenvalue weighted by Gasteiger charge is 2.44. The number of rotatable bonds is 7. The molecular formula is C15H18F6N2O. The highest BCUT2D eigenvalue weighted by molar-refractivity contribution is 5.29. The van der Waals surface area contributed by atoms with E-state index in [9.17, 15) is 26.3 Å². The summed E-state index contributed by atoms with van der Waals surface area (Å²) in [6.07, 6.45) is -11.5. The lowest BCUT2D eigenvalue weighted by Crippen LogP contribution is -2.45. The maximum atomic E-state index is 12.9. The second-order valence-electron chi connectivity index (χ2n) is 5.46. The van der Waals surface area contributed by atoms with Crippen LogP contribution in [-0.4, -0.2) is 50.0 Å². The van der Waals surface area contributed by atoms with Gasteiger partial charge in [0.1, 0.15) is 5.75 Å². The van der Waals surface area contributed by atoms with Crippen molar-refractivity contribution in [2.75, 3.05) is 26.2 Å². The molecule has 0 aliphatic carbocycles. The fraction of sp³-hybridized carbons (Fsp3) is 0.600. The maximum absolute atomic E-state index is 12.9. The van der Waals surface area contributed by atoms with Crippen LogP contribution in [0.15, 0.2) is 24.3 Å². The number of benzene rings is 1. The first-order valence-corrected chi connectivity index (χ1v) is 7.47. The average molecular weight is 356 g/mol. The summed E-state index contributed by atoms with van der Waals surface area (Å²) < 4.78 is 79.7. The molecule has 1 heterocycles. The highest BCUT2D eigenvalue weighted by atomic mass is 19.3. The van der Waals surface area contributed by atoms with Gasteiger partial charge in [-0.05, 0) is 17.7 Å². The molecule has 1 aromatic rings. The SMILES string of the molecule is FC(F)C[C@H](c1ccc(OC(F)(F)C(F)F)cc1)N1CCNCC1. The molecule has 24 heavy (non-hydrogen) atoms. The van der Waals surface area contributed by atoms with E-state index >= 15 is 0 Å². The van der Waals surface area contributed by atoms with Crippen molar-refractivity contribution in [3.05, 3.63) is 29.8 Å². The van der Waals surface area contributed by atoms with Crippen LogP contribution >= 0.6 is 0 Å². The van der Waals surface area contributed by atoms with Gasteiger partial charge in [-0.3, -0.25) is 4.90 Å². The van der Waals surface area contributed by atoms with Crippen LogP contribution in [0.25, 0.3) is 0 Å². The van der Waals surface area contributed by atoms with Crippen molar-refractivity contribution in [2.24, 2.45) is 0 Å². The molecule has 1 aromatic carbocycles. The summed E-state index contributed by atoms with van der Waals surface area (Å²) in [5, 5.41) is 3.12. The van der Waals surface area contributed by atoms with E-state index in [-0.39, 0.29) is 0 Å². The van der Waals surface area contributed by atoms with Crippen molar-refractivity contribution in [2.45, 2.75) is 31.4 Å². The van der Waals surface area contributed by atoms with E-state index in [0.29, 0.717) is 31.7 Å². The minimum Gasteiger partial charge on any atom is -0.428 e. The summed E-state index contributed by atoms with van der Waals surface area (Å²) in [5.74, 6) is -0.444. The molecule has 1 fully saturated rings. The first-order chi connectivity index (χ1) is 11.3. The number of hydrogen-bond donors (Lipinski definition) is 1. The summed E-state index contributed by atoms with van der Waals surface area (Å²) in [7, 11) is 0. The molecule has 2 rings (SSSR count). The van der Waals surface area contributed by atoms with E-state index in [4.69, 9.17) is 0 Å². The minimum absolute atomic E-state index is 0.395. The standard InChI is InChI=1S/C15H18F6N2O/c16-13(17)9-12(23-7-5-22-6-8-23)10-1-3-11(4-2-10)24-15(20,21)14(18)19/h1-4,12-14,22H,5-9H2/t12-/m1/s1. The Hall–Kier alpha value is -1.48. The second-order valence-corrected chi connectivity index (χ2v) is 5.46. The Balaban J connectivity index is 2.12. The zero-order valence-corrected chi connectivity index (χ0v) is 12.7. The second kappa shape index (κ2) is 8.06. The third-order valence-electron chi connectivity index (χ3n) is 3.77. The van der Waals surface area contributed by atoms with Crippen molar-refractivity contribution in [1.29, 1.82) is 0 Å². The predicted octanol–water partition coefficient (Wildman–Crippen LogP) is 3.52. The molecule has 0 unspecified atom stereocenters. The normalized spacial score (nSPS) is 18.2. The lowest BCUT2D eigenvalue weighted by molar-refractivity contribution is -0.253. The van der Waals surface area contributed by atoms with Crippen LogP contribution < -0.4 is 10.1 Å². The molecule has 0 radical (unpaired) electrons. The molecule has 0 bridgehead atoms. The van der Waals surface area contributed by atoms with Gasteiger partial charge in [0.15, 0.2) is 0 Å². The van der Waals surface area contributed by atoms with Gasteiger partial charge in [-0.1, -0.05) is 12.1 Å². The molecule has 1 N–H and O–H groups in total. The van der Waals surface area contributed by atoms with Crippen molar-refractivity contribution >= 4 is 0 Å². The van der Waals surface area contributed by atoms with E-state index in [1.54, 1.807) is 0 Å². The van der Waals surface area contributed by atoms with Gasteiger partial charge in [-0.15, -0.1) is 0 Å². The summed E-state index contributed by atoms with van der Waals surface area (Å²) in [5.41, 5.74) is 0.505. The van der Waals surface area contributed by atoms with Gasteiger partial charge >= 0.3 is 12.5 Å². The van der Waals surface area contributed by atoms with Crippen LogP contribution in [0, 0.1) is 0 Å². The molecule has 9 heteroatoms. The number of nitrogens with zero attached hydrogens (tertiary/aromatic N) is 1. The van der Waals surface area contributed by atoms with Crippen molar-refractivity contribution in [1.82, 2.24) is 10.2 Å². The number of hydrogen-bond acceptors (Lipinski definition) is 3. The third-order valence-corrected chi connectivity index (χ3v) is 3.77. The minimum atomic E-state index is -4.59. The number of halogens is 6. The zero-order chi connectivity index (χ0) is 17.7. The molecule has 1 atom stereocenters. The van der Waals surface area contributed by atoms with Gasteiger partial charge in [0.05, 0.1) is 0 Å². The third kappa shape index (κ3) is 5.01. The Labute approximate surface area is 135 Å². The molecular weight excluding hydrogens is 338 g/mol. The molecule has 1 saturated heterocycles. The van der Waals surface area contributed by atoms with Crippen molar-refractivity contribution in [3.63, 3.8) is 0 Å². The van der Waals surface area contributed by atoms with E-state index in [1.807, 2.05) is 4.90 Å². The summed E-state index contributed by atoms with van der Waals surface area (Å²) >= 11 is 0. The van der Waals surface area contributed by atoms with Crippen LogP contribution in [0.3, 0.4) is 0 Å². The van der Waals surface area contributed by atoms with Gasteiger partial charge in [0.2, 0.25) is 6.43 Å². The topological polar surface area (TPSA) is 24.5 Å². The number of nitrogens with one attached hydrogen (secondary N) is 1. The van der Waals surface area contributed by atoms with Crippen LogP contribution in [0.4, 0.5) is 26.3 Å². The lowest BCUT2D eigenvalue weighted by Gasteiger charge is -2.35. The smallest absolute Gasteiger partial charge is 0.428 e. The van der Waals surface area contributed by atoms with Crippen LogP contribution in [-0.2, 0) is 0 Å². The van der Waals surface area contributed by atoms with Gasteiger partial charge < -0.3 is 10.1 Å². The lowest BCUT2D eigenvalue weighted by atomic mass is 10.0. The Kier molecular flexibility index (Phi) is 6.34. The van der Waals surface area contributed by atoms with Gasteiger partial charge in [0.25, 0.3) is 0 Å². The highest BCUT2D eigenvalue weighted by Crippen LogP contribution is 2.31. The Morgan fingerprint density at radius 2 is 1.62 bits per heavy atom. The number of alkyl halides is 6. The van der Waals surface area contributed by atoms with Gasteiger partial charge in [-0.2, -0.15) is 17.6 Å². The van der Waals surface area contributed by atoms with Crippen LogP contribution in [0.2, 0.25) is 0 Å². The largest absolute Gasteiger partial charge is 0.461 e. The molecule has 0 amide bonds. The van der Waals surface area contributed by atoms with E-state index in [1.165, 1.54) is 12.1 Å². The monoisotopic (exact) mass is 356 g/mol. The first kappa shape index (κ1) is 18.9. The van der Waals surface area contributed by atoms with Gasteiger partial charge in [0, 0.05) is 38.6 Å². The molecule has 136 valence electrons. The summed E-state index contributed by atoms with van der Waals surface area (Å²) in [6, 6.07) is 4.31. The maximum Gasteiger partial charge on any atom is 0.461 e. The summed E-state index contributed by atoms with van der Waals surface area (Å²) in [4.78, 5) is 1.88. The van der Waals surface area contributed by atoms with Gasteiger partial charge in [-0.25, -0.2) is 8.78 Å². The Morgan fingerprint density at radius 1 is 1.04 bits per heavy atom. The molecule has 0 spiro atoms. The molecule has 1 aliphatic rings. The zero-order valence-electron chi connectivity index (χ0n) is 12.7. The van der Waals surface area contributed by atoms with Crippen molar-refractivity contribution in [3.8, 4) is 5.75 Å². The molecule has 3 nitrogen and oxygen atoms in total. The van der Waals surface area contributed by atoms with E-state index in [2.05, 4.69) is 10.1 Å². The number of ether oxygens (including phenoxy) is 1. The summed E-state index contributed by atoms with van der Waals surface area (Å²) in [6.45, 7) is 2.50. The first-order valence-electron chi connectivity index (χ1n) is 7.47. The fourth-order valence-electron chi connectivity index (χ4n) is 2.62. The Bertz CT molecular complexity index is 505. The van der Waals surface area contributed by atoms with E-state index < -0.39 is 37.2 Å². The molecule has 1 aliphatic heterocycles. The predicted molar refractivity (Wildman–Crippen MR) is 75.8 cm³/mol. The molecule has 0 saturated carbocycles. The van der Waals surface area contributed by atoms with Crippen LogP contribution in [0.1, 0.15) is 18.0 Å². The fourth-order valence-corrected chi connectivity index (χ4v) is 2.62.